The van der Waals surface area contributed by atoms with Crippen molar-refractivity contribution in [1.82, 2.24) is 9.88 Å². The Balaban J connectivity index is 1.59. The molecule has 1 aromatic heterocycles. The minimum atomic E-state index is -0.812. The highest BCUT2D eigenvalue weighted by molar-refractivity contribution is 6.00. The molecule has 6 heteroatoms. The van der Waals surface area contributed by atoms with Crippen molar-refractivity contribution < 1.29 is 19.1 Å². The van der Waals surface area contributed by atoms with Gasteiger partial charge >= 0.3 is 11.9 Å². The molecule has 7 rings (SSSR count). The van der Waals surface area contributed by atoms with Crippen LogP contribution in [-0.4, -0.2) is 40.5 Å². The Labute approximate surface area is 178 Å². The molecular formula is C25H20N2O4. The average Bonchev–Trinajstić information content (AvgIpc) is 3.21. The summed E-state index contributed by atoms with van der Waals surface area (Å²) < 4.78 is 11.8. The standard InChI is InChI=1S/C25H20N2O4/c28-21-8-9-22(29)31-25-10-12-27(13-11-25)24(30-21)23(25)19-15-26-20-7-6-17(14-18(19)20)16-4-2-1-3-5-16/h1-9,14-15,26H,10-13H2/b9-8+. The first-order chi connectivity index (χ1) is 15.1. The van der Waals surface area contributed by atoms with Gasteiger partial charge in [0, 0.05) is 60.7 Å². The fourth-order valence-corrected chi connectivity index (χ4v) is 4.93. The Bertz CT molecular complexity index is 1280. The average molecular weight is 412 g/mol. The van der Waals surface area contributed by atoms with Gasteiger partial charge in [-0.05, 0) is 23.3 Å². The van der Waals surface area contributed by atoms with Gasteiger partial charge in [0.15, 0.2) is 0 Å². The van der Waals surface area contributed by atoms with Crippen LogP contribution in [0.1, 0.15) is 18.4 Å². The minimum absolute atomic E-state index is 0.493. The van der Waals surface area contributed by atoms with Gasteiger partial charge in [0.2, 0.25) is 5.88 Å². The van der Waals surface area contributed by atoms with E-state index in [2.05, 4.69) is 34.1 Å². The van der Waals surface area contributed by atoms with Gasteiger partial charge in [-0.2, -0.15) is 0 Å². The molecule has 1 fully saturated rings. The highest BCUT2D eigenvalue weighted by Gasteiger charge is 2.51. The number of benzene rings is 2. The van der Waals surface area contributed by atoms with Crippen LogP contribution in [-0.2, 0) is 19.1 Å². The highest BCUT2D eigenvalue weighted by Crippen LogP contribution is 2.49. The third-order valence-electron chi connectivity index (χ3n) is 6.43. The number of H-pyrrole nitrogens is 1. The van der Waals surface area contributed by atoms with Crippen molar-refractivity contribution in [2.75, 3.05) is 13.1 Å². The highest BCUT2D eigenvalue weighted by atomic mass is 16.6. The van der Waals surface area contributed by atoms with Crippen molar-refractivity contribution in [3.05, 3.63) is 78.3 Å². The lowest BCUT2D eigenvalue weighted by atomic mass is 9.76. The van der Waals surface area contributed by atoms with Crippen LogP contribution >= 0.6 is 0 Å². The molecule has 4 aliphatic heterocycles. The molecular weight excluding hydrogens is 392 g/mol. The van der Waals surface area contributed by atoms with Crippen LogP contribution in [0.3, 0.4) is 0 Å². The number of rotatable bonds is 2. The first-order valence-electron chi connectivity index (χ1n) is 10.4. The van der Waals surface area contributed by atoms with Gasteiger partial charge in [0.25, 0.3) is 0 Å². The fourth-order valence-electron chi connectivity index (χ4n) is 4.93. The molecule has 2 aromatic carbocycles. The third kappa shape index (κ3) is 2.79. The predicted molar refractivity (Wildman–Crippen MR) is 116 cm³/mol. The lowest BCUT2D eigenvalue weighted by Gasteiger charge is -2.49. The Morgan fingerprint density at radius 2 is 1.68 bits per heavy atom. The number of hydrogen-bond donors (Lipinski definition) is 1. The zero-order valence-corrected chi connectivity index (χ0v) is 16.8. The van der Waals surface area contributed by atoms with E-state index in [0.29, 0.717) is 31.8 Å². The molecule has 3 aromatic rings. The van der Waals surface area contributed by atoms with Crippen LogP contribution in [0.25, 0.3) is 27.6 Å². The molecule has 0 unspecified atom stereocenters. The number of hydrogen-bond acceptors (Lipinski definition) is 5. The van der Waals surface area contributed by atoms with Crippen molar-refractivity contribution >= 4 is 28.4 Å². The number of aromatic nitrogens is 1. The number of ether oxygens (including phenoxy) is 2. The molecule has 0 aliphatic carbocycles. The Morgan fingerprint density at radius 1 is 0.903 bits per heavy atom. The number of carbonyl (C=O) groups excluding carboxylic acids is 2. The summed E-state index contributed by atoms with van der Waals surface area (Å²) in [7, 11) is 0. The number of nitrogens with one attached hydrogen (secondary N) is 1. The maximum Gasteiger partial charge on any atom is 0.337 e. The lowest BCUT2D eigenvalue weighted by Crippen LogP contribution is -2.53. The van der Waals surface area contributed by atoms with E-state index < -0.39 is 17.5 Å². The van der Waals surface area contributed by atoms with E-state index in [-0.39, 0.29) is 0 Å². The summed E-state index contributed by atoms with van der Waals surface area (Å²) in [5.41, 5.74) is 4.04. The second-order valence-electron chi connectivity index (χ2n) is 8.17. The molecule has 31 heavy (non-hydrogen) atoms. The fraction of sp³-hybridized carbons (Fsp3) is 0.200. The molecule has 4 aliphatic rings. The third-order valence-corrected chi connectivity index (χ3v) is 6.43. The molecule has 0 radical (unpaired) electrons. The summed E-state index contributed by atoms with van der Waals surface area (Å²) in [6, 6.07) is 16.4. The van der Waals surface area contributed by atoms with Crippen LogP contribution in [0.2, 0.25) is 0 Å². The van der Waals surface area contributed by atoms with E-state index in [1.807, 2.05) is 30.5 Å². The number of fused-ring (bicyclic) bond motifs is 3. The molecule has 154 valence electrons. The lowest BCUT2D eigenvalue weighted by molar-refractivity contribution is -0.153. The van der Waals surface area contributed by atoms with Gasteiger partial charge in [-0.15, -0.1) is 0 Å². The van der Waals surface area contributed by atoms with E-state index in [1.54, 1.807) is 0 Å². The summed E-state index contributed by atoms with van der Waals surface area (Å²) in [6.07, 6.45) is 5.53. The number of aromatic amines is 1. The van der Waals surface area contributed by atoms with Crippen LogP contribution in [0.15, 0.2) is 72.8 Å². The van der Waals surface area contributed by atoms with Crippen LogP contribution < -0.4 is 0 Å². The van der Waals surface area contributed by atoms with E-state index in [9.17, 15) is 9.59 Å². The van der Waals surface area contributed by atoms with Gasteiger partial charge in [0.1, 0.15) is 5.60 Å². The topological polar surface area (TPSA) is 71.6 Å². The number of carbonyl (C=O) groups is 2. The maximum absolute atomic E-state index is 12.5. The van der Waals surface area contributed by atoms with Crippen molar-refractivity contribution in [2.24, 2.45) is 0 Å². The Morgan fingerprint density at radius 3 is 2.48 bits per heavy atom. The molecule has 3 bridgehead atoms. The normalized spacial score (nSPS) is 20.7. The number of piperidine rings is 1. The molecule has 1 N–H and O–H groups in total. The Kier molecular flexibility index (Phi) is 3.84. The van der Waals surface area contributed by atoms with Crippen molar-refractivity contribution in [3.63, 3.8) is 0 Å². The molecule has 6 nitrogen and oxygen atoms in total. The second kappa shape index (κ2) is 6.60. The summed E-state index contributed by atoms with van der Waals surface area (Å²) in [5, 5.41) is 1.00. The second-order valence-corrected chi connectivity index (χ2v) is 8.17. The van der Waals surface area contributed by atoms with Crippen LogP contribution in [0.4, 0.5) is 0 Å². The molecule has 1 spiro atoms. The van der Waals surface area contributed by atoms with Crippen molar-refractivity contribution in [2.45, 2.75) is 18.4 Å². The quantitative estimate of drug-likeness (QED) is 0.644. The number of esters is 2. The van der Waals surface area contributed by atoms with E-state index in [4.69, 9.17) is 9.47 Å². The number of nitrogens with zero attached hydrogens (tertiary/aromatic N) is 1. The Hall–Kier alpha value is -3.80. The smallest absolute Gasteiger partial charge is 0.337 e. The maximum atomic E-state index is 12.5. The van der Waals surface area contributed by atoms with Crippen molar-refractivity contribution in [1.29, 1.82) is 0 Å². The predicted octanol–water partition coefficient (Wildman–Crippen LogP) is 4.01. The van der Waals surface area contributed by atoms with Crippen molar-refractivity contribution in [3.8, 4) is 11.1 Å². The van der Waals surface area contributed by atoms with Gasteiger partial charge in [-0.3, -0.25) is 0 Å². The summed E-state index contributed by atoms with van der Waals surface area (Å²) >= 11 is 0. The summed E-state index contributed by atoms with van der Waals surface area (Å²) in [6.45, 7) is 1.36. The SMILES string of the molecule is O=C1/C=C/C(=O)OC23CCN(CC2)C(=C3c2c[nH]c3ccc(-c4ccccc4)cc23)O1. The molecule has 0 saturated carbocycles. The largest absolute Gasteiger partial charge is 0.451 e. The monoisotopic (exact) mass is 412 g/mol. The summed E-state index contributed by atoms with van der Waals surface area (Å²) in [4.78, 5) is 30.2. The van der Waals surface area contributed by atoms with E-state index in [1.165, 1.54) is 0 Å². The molecule has 5 heterocycles. The minimum Gasteiger partial charge on any atom is -0.451 e. The van der Waals surface area contributed by atoms with Gasteiger partial charge in [0.05, 0.1) is 5.57 Å². The first kappa shape index (κ1) is 18.0. The zero-order chi connectivity index (χ0) is 21.0. The van der Waals surface area contributed by atoms with Gasteiger partial charge < -0.3 is 19.4 Å². The first-order valence-corrected chi connectivity index (χ1v) is 10.4. The molecule has 1 saturated heterocycles. The van der Waals surface area contributed by atoms with E-state index in [0.717, 1.165) is 45.3 Å². The summed E-state index contributed by atoms with van der Waals surface area (Å²) in [5.74, 6) is -0.595. The zero-order valence-electron chi connectivity index (χ0n) is 16.8. The van der Waals surface area contributed by atoms with Crippen LogP contribution in [0.5, 0.6) is 0 Å². The molecule has 0 amide bonds. The van der Waals surface area contributed by atoms with Gasteiger partial charge in [-0.25, -0.2) is 9.59 Å². The van der Waals surface area contributed by atoms with Gasteiger partial charge in [-0.1, -0.05) is 36.4 Å². The van der Waals surface area contributed by atoms with Crippen LogP contribution in [0, 0.1) is 0 Å². The molecule has 0 atom stereocenters. The van der Waals surface area contributed by atoms with E-state index >= 15 is 0 Å².